The minimum absolute atomic E-state index is 0.0670. The monoisotopic (exact) mass is 347 g/mol. The van der Waals surface area contributed by atoms with Gasteiger partial charge >= 0.3 is 0 Å². The maximum atomic E-state index is 12.2. The highest BCUT2D eigenvalue weighted by Crippen LogP contribution is 2.26. The fraction of sp³-hybridized carbons (Fsp3) is 0.353. The minimum Gasteiger partial charge on any atom is -0.495 e. The molecule has 2 amide bonds. The molecule has 2 rings (SSSR count). The van der Waals surface area contributed by atoms with E-state index in [1.807, 2.05) is 13.8 Å². The summed E-state index contributed by atoms with van der Waals surface area (Å²) < 4.78 is 5.30. The first-order valence-corrected chi connectivity index (χ1v) is 8.60. The fourth-order valence-electron chi connectivity index (χ4n) is 2.05. The zero-order valence-corrected chi connectivity index (χ0v) is 14.8. The number of carbonyl (C=O) groups excluding carboxylic acids is 2. The Hall–Kier alpha value is -2.41. The van der Waals surface area contributed by atoms with Crippen molar-refractivity contribution in [2.24, 2.45) is 5.92 Å². The number of nitrogens with one attached hydrogen (secondary N) is 2. The lowest BCUT2D eigenvalue weighted by molar-refractivity contribution is -0.117. The molecule has 1 aromatic heterocycles. The van der Waals surface area contributed by atoms with Gasteiger partial charge in [-0.3, -0.25) is 14.9 Å². The molecule has 0 fully saturated rings. The Kier molecular flexibility index (Phi) is 6.31. The SMILES string of the molecule is CCC(C)CC(=O)Nc1ccc(C(=O)Nc2nccs2)cc1OC. The molecule has 1 aromatic carbocycles. The number of thiazole rings is 1. The van der Waals surface area contributed by atoms with Gasteiger partial charge in [0.05, 0.1) is 12.8 Å². The molecule has 7 heteroatoms. The van der Waals surface area contributed by atoms with Gasteiger partial charge in [-0.25, -0.2) is 4.98 Å². The summed E-state index contributed by atoms with van der Waals surface area (Å²) in [5.74, 6) is 0.419. The molecule has 6 nitrogen and oxygen atoms in total. The van der Waals surface area contributed by atoms with Gasteiger partial charge in [0.2, 0.25) is 5.91 Å². The summed E-state index contributed by atoms with van der Waals surface area (Å²) in [6.07, 6.45) is 3.02. The molecule has 0 bridgehead atoms. The van der Waals surface area contributed by atoms with Crippen molar-refractivity contribution in [2.45, 2.75) is 26.7 Å². The van der Waals surface area contributed by atoms with Crippen LogP contribution in [0.15, 0.2) is 29.8 Å². The fourth-order valence-corrected chi connectivity index (χ4v) is 2.58. The van der Waals surface area contributed by atoms with E-state index in [0.717, 1.165) is 6.42 Å². The predicted octanol–water partition coefficient (Wildman–Crippen LogP) is 3.78. The number of methoxy groups -OCH3 is 1. The Labute approximate surface area is 145 Å². The number of benzene rings is 1. The van der Waals surface area contributed by atoms with E-state index in [1.165, 1.54) is 18.4 Å². The van der Waals surface area contributed by atoms with Gasteiger partial charge in [0.1, 0.15) is 5.75 Å². The number of aromatic nitrogens is 1. The standard InChI is InChI=1S/C17H21N3O3S/c1-4-11(2)9-15(21)19-13-6-5-12(10-14(13)23-3)16(22)20-17-18-7-8-24-17/h5-8,10-11H,4,9H2,1-3H3,(H,19,21)(H,18,20,22). The number of ether oxygens (including phenoxy) is 1. The highest BCUT2D eigenvalue weighted by molar-refractivity contribution is 7.13. The molecule has 0 radical (unpaired) electrons. The van der Waals surface area contributed by atoms with Crippen LogP contribution in [0.4, 0.5) is 10.8 Å². The van der Waals surface area contributed by atoms with E-state index in [4.69, 9.17) is 4.74 Å². The maximum Gasteiger partial charge on any atom is 0.257 e. The van der Waals surface area contributed by atoms with E-state index in [9.17, 15) is 9.59 Å². The lowest BCUT2D eigenvalue weighted by Crippen LogP contribution is -2.16. The van der Waals surface area contributed by atoms with Gasteiger partial charge in [-0.15, -0.1) is 11.3 Å². The molecule has 0 saturated carbocycles. The second-order valence-electron chi connectivity index (χ2n) is 5.47. The summed E-state index contributed by atoms with van der Waals surface area (Å²) in [6, 6.07) is 4.91. The Morgan fingerprint density at radius 1 is 1.33 bits per heavy atom. The summed E-state index contributed by atoms with van der Waals surface area (Å²) in [7, 11) is 1.50. The molecule has 128 valence electrons. The zero-order chi connectivity index (χ0) is 17.5. The van der Waals surface area contributed by atoms with Crippen molar-refractivity contribution in [1.82, 2.24) is 4.98 Å². The van der Waals surface area contributed by atoms with Crippen LogP contribution in [0.1, 0.15) is 37.0 Å². The van der Waals surface area contributed by atoms with Crippen LogP contribution in [0.3, 0.4) is 0 Å². The Bertz CT molecular complexity index is 701. The van der Waals surface area contributed by atoms with Gasteiger partial charge in [0, 0.05) is 23.6 Å². The number of hydrogen-bond donors (Lipinski definition) is 2. The molecule has 0 saturated heterocycles. The lowest BCUT2D eigenvalue weighted by Gasteiger charge is -2.13. The van der Waals surface area contributed by atoms with Crippen molar-refractivity contribution >= 4 is 34.0 Å². The largest absolute Gasteiger partial charge is 0.495 e. The van der Waals surface area contributed by atoms with E-state index >= 15 is 0 Å². The molecule has 0 aliphatic rings. The van der Waals surface area contributed by atoms with Gasteiger partial charge in [-0.1, -0.05) is 20.3 Å². The van der Waals surface area contributed by atoms with E-state index in [2.05, 4.69) is 15.6 Å². The van der Waals surface area contributed by atoms with Gasteiger partial charge in [0.15, 0.2) is 5.13 Å². The predicted molar refractivity (Wildman–Crippen MR) is 95.8 cm³/mol. The number of amides is 2. The Morgan fingerprint density at radius 2 is 2.12 bits per heavy atom. The quantitative estimate of drug-likeness (QED) is 0.799. The second-order valence-corrected chi connectivity index (χ2v) is 6.37. The third-order valence-electron chi connectivity index (χ3n) is 3.62. The molecule has 2 N–H and O–H groups in total. The van der Waals surface area contributed by atoms with E-state index < -0.39 is 0 Å². The second kappa shape index (κ2) is 8.44. The molecule has 1 atom stereocenters. The van der Waals surface area contributed by atoms with Crippen LogP contribution in [0.2, 0.25) is 0 Å². The molecule has 0 spiro atoms. The van der Waals surface area contributed by atoms with Crippen molar-refractivity contribution in [3.8, 4) is 5.75 Å². The number of nitrogens with zero attached hydrogens (tertiary/aromatic N) is 1. The van der Waals surface area contributed by atoms with Crippen LogP contribution < -0.4 is 15.4 Å². The highest BCUT2D eigenvalue weighted by Gasteiger charge is 2.14. The molecular formula is C17H21N3O3S. The topological polar surface area (TPSA) is 80.3 Å². The van der Waals surface area contributed by atoms with E-state index in [1.54, 1.807) is 29.8 Å². The summed E-state index contributed by atoms with van der Waals surface area (Å²) in [5, 5.41) is 7.86. The number of carbonyl (C=O) groups is 2. The molecule has 2 aromatic rings. The van der Waals surface area contributed by atoms with Crippen molar-refractivity contribution < 1.29 is 14.3 Å². The molecule has 24 heavy (non-hydrogen) atoms. The zero-order valence-electron chi connectivity index (χ0n) is 14.0. The van der Waals surface area contributed by atoms with Crippen molar-refractivity contribution in [3.63, 3.8) is 0 Å². The van der Waals surface area contributed by atoms with Crippen LogP contribution in [0.5, 0.6) is 5.75 Å². The number of hydrogen-bond acceptors (Lipinski definition) is 5. The van der Waals surface area contributed by atoms with Crippen LogP contribution in [-0.2, 0) is 4.79 Å². The van der Waals surface area contributed by atoms with Crippen LogP contribution in [-0.4, -0.2) is 23.9 Å². The summed E-state index contributed by atoms with van der Waals surface area (Å²) in [4.78, 5) is 28.3. The smallest absolute Gasteiger partial charge is 0.257 e. The van der Waals surface area contributed by atoms with Crippen molar-refractivity contribution in [3.05, 3.63) is 35.3 Å². The first-order chi connectivity index (χ1) is 11.5. The Morgan fingerprint density at radius 3 is 2.75 bits per heavy atom. The Balaban J connectivity index is 2.09. The average molecular weight is 347 g/mol. The van der Waals surface area contributed by atoms with E-state index in [-0.39, 0.29) is 11.8 Å². The molecular weight excluding hydrogens is 326 g/mol. The van der Waals surface area contributed by atoms with Crippen molar-refractivity contribution in [1.29, 1.82) is 0 Å². The molecule has 1 heterocycles. The highest BCUT2D eigenvalue weighted by atomic mass is 32.1. The normalized spacial score (nSPS) is 11.6. The first kappa shape index (κ1) is 17.9. The maximum absolute atomic E-state index is 12.2. The summed E-state index contributed by atoms with van der Waals surface area (Å²) >= 11 is 1.34. The third-order valence-corrected chi connectivity index (χ3v) is 4.31. The van der Waals surface area contributed by atoms with E-state index in [0.29, 0.717) is 34.5 Å². The molecule has 1 unspecified atom stereocenters. The minimum atomic E-state index is -0.277. The summed E-state index contributed by atoms with van der Waals surface area (Å²) in [6.45, 7) is 4.08. The van der Waals surface area contributed by atoms with Gasteiger partial charge < -0.3 is 10.1 Å². The third kappa shape index (κ3) is 4.79. The van der Waals surface area contributed by atoms with Crippen LogP contribution >= 0.6 is 11.3 Å². The van der Waals surface area contributed by atoms with Gasteiger partial charge in [-0.05, 0) is 24.1 Å². The lowest BCUT2D eigenvalue weighted by atomic mass is 10.0. The van der Waals surface area contributed by atoms with Gasteiger partial charge in [-0.2, -0.15) is 0 Å². The molecule has 0 aliphatic carbocycles. The van der Waals surface area contributed by atoms with Crippen molar-refractivity contribution in [2.75, 3.05) is 17.7 Å². The first-order valence-electron chi connectivity index (χ1n) is 7.72. The van der Waals surface area contributed by atoms with Gasteiger partial charge in [0.25, 0.3) is 5.91 Å². The summed E-state index contributed by atoms with van der Waals surface area (Å²) in [5.41, 5.74) is 0.985. The number of rotatable bonds is 7. The average Bonchev–Trinajstić information content (AvgIpc) is 3.07. The number of anilines is 2. The van der Waals surface area contributed by atoms with Crippen LogP contribution in [0, 0.1) is 5.92 Å². The van der Waals surface area contributed by atoms with Crippen LogP contribution in [0.25, 0.3) is 0 Å². The molecule has 0 aliphatic heterocycles.